The van der Waals surface area contributed by atoms with Gasteiger partial charge < -0.3 is 10.1 Å². The maximum atomic E-state index is 9.20. The molecule has 0 spiro atoms. The van der Waals surface area contributed by atoms with Gasteiger partial charge >= 0.3 is 0 Å². The van der Waals surface area contributed by atoms with Crippen molar-refractivity contribution in [3.8, 4) is 6.07 Å². The molecule has 1 N–H and O–H groups in total. The van der Waals surface area contributed by atoms with Crippen LogP contribution in [0.5, 0.6) is 0 Å². The normalized spacial score (nSPS) is 18.1. The number of nitrogens with zero attached hydrogens (tertiary/aromatic N) is 2. The molecule has 1 unspecified atom stereocenters. The molecule has 1 atom stereocenters. The van der Waals surface area contributed by atoms with E-state index in [0.29, 0.717) is 17.1 Å². The van der Waals surface area contributed by atoms with Gasteiger partial charge in [-0.1, -0.05) is 41.9 Å². The fraction of sp³-hybridized carbons (Fsp3) is 0.316. The van der Waals surface area contributed by atoms with Crippen molar-refractivity contribution in [2.24, 2.45) is 0 Å². The number of nitrogens with one attached hydrogen (secondary N) is 1. The number of ether oxygens (including phenoxy) is 1. The smallest absolute Gasteiger partial charge is 0.101 e. The van der Waals surface area contributed by atoms with E-state index >= 15 is 0 Å². The molecule has 1 heterocycles. The zero-order valence-corrected chi connectivity index (χ0v) is 14.2. The van der Waals surface area contributed by atoms with Crippen molar-refractivity contribution in [3.05, 3.63) is 64.7 Å². The third kappa shape index (κ3) is 4.48. The van der Waals surface area contributed by atoms with Crippen molar-refractivity contribution in [2.45, 2.75) is 12.6 Å². The Morgan fingerprint density at radius 2 is 2.08 bits per heavy atom. The van der Waals surface area contributed by atoms with E-state index in [9.17, 15) is 5.26 Å². The number of anilines is 1. The summed E-state index contributed by atoms with van der Waals surface area (Å²) in [6, 6.07) is 17.9. The van der Waals surface area contributed by atoms with E-state index in [-0.39, 0.29) is 6.10 Å². The van der Waals surface area contributed by atoms with Crippen LogP contribution in [0.2, 0.25) is 5.02 Å². The van der Waals surface area contributed by atoms with Gasteiger partial charge in [-0.05, 0) is 23.8 Å². The lowest BCUT2D eigenvalue weighted by Crippen LogP contribution is -2.44. The second kappa shape index (κ2) is 8.16. The average molecular weight is 342 g/mol. The van der Waals surface area contributed by atoms with Crippen LogP contribution in [0.4, 0.5) is 5.69 Å². The molecule has 0 radical (unpaired) electrons. The van der Waals surface area contributed by atoms with Gasteiger partial charge in [0, 0.05) is 31.2 Å². The minimum atomic E-state index is 0.102. The molecule has 5 heteroatoms. The van der Waals surface area contributed by atoms with Gasteiger partial charge in [-0.2, -0.15) is 5.26 Å². The summed E-state index contributed by atoms with van der Waals surface area (Å²) in [5.41, 5.74) is 2.67. The maximum Gasteiger partial charge on any atom is 0.101 e. The van der Waals surface area contributed by atoms with E-state index in [4.69, 9.17) is 16.3 Å². The second-order valence-corrected chi connectivity index (χ2v) is 6.33. The van der Waals surface area contributed by atoms with Crippen LogP contribution in [0.1, 0.15) is 11.1 Å². The highest BCUT2D eigenvalue weighted by Crippen LogP contribution is 2.20. The fourth-order valence-electron chi connectivity index (χ4n) is 2.88. The average Bonchev–Trinajstić information content (AvgIpc) is 2.62. The van der Waals surface area contributed by atoms with Gasteiger partial charge in [-0.3, -0.25) is 4.90 Å². The predicted molar refractivity (Wildman–Crippen MR) is 96.1 cm³/mol. The molecule has 4 nitrogen and oxygen atoms in total. The summed E-state index contributed by atoms with van der Waals surface area (Å²) in [6.07, 6.45) is 0.102. The third-order valence-electron chi connectivity index (χ3n) is 4.09. The number of morpholine rings is 1. The van der Waals surface area contributed by atoms with Gasteiger partial charge in [0.05, 0.1) is 24.0 Å². The van der Waals surface area contributed by atoms with Gasteiger partial charge in [0.15, 0.2) is 0 Å². The molecule has 1 aliphatic heterocycles. The largest absolute Gasteiger partial charge is 0.381 e. The summed E-state index contributed by atoms with van der Waals surface area (Å²) in [5.74, 6) is 0. The summed E-state index contributed by atoms with van der Waals surface area (Å²) < 4.78 is 5.85. The van der Waals surface area contributed by atoms with Crippen LogP contribution in [-0.2, 0) is 11.3 Å². The molecule has 2 aromatic rings. The van der Waals surface area contributed by atoms with Crippen molar-refractivity contribution in [1.82, 2.24) is 4.90 Å². The number of hydrogen-bond donors (Lipinski definition) is 1. The van der Waals surface area contributed by atoms with Crippen molar-refractivity contribution >= 4 is 17.3 Å². The molecule has 0 saturated carbocycles. The first-order chi connectivity index (χ1) is 11.7. The van der Waals surface area contributed by atoms with Crippen LogP contribution >= 0.6 is 11.6 Å². The molecule has 0 aliphatic carbocycles. The number of hydrogen-bond acceptors (Lipinski definition) is 4. The van der Waals surface area contributed by atoms with E-state index in [0.717, 1.165) is 31.9 Å². The number of rotatable bonds is 5. The molecule has 0 aromatic heterocycles. The minimum absolute atomic E-state index is 0.102. The first-order valence-electron chi connectivity index (χ1n) is 8.06. The monoisotopic (exact) mass is 341 g/mol. The van der Waals surface area contributed by atoms with Crippen molar-refractivity contribution < 1.29 is 4.74 Å². The van der Waals surface area contributed by atoms with Crippen LogP contribution in [0, 0.1) is 11.3 Å². The third-order valence-corrected chi connectivity index (χ3v) is 4.33. The molecule has 1 aliphatic rings. The van der Waals surface area contributed by atoms with Gasteiger partial charge in [-0.25, -0.2) is 0 Å². The first-order valence-corrected chi connectivity index (χ1v) is 8.44. The van der Waals surface area contributed by atoms with Gasteiger partial charge in [0.25, 0.3) is 0 Å². The van der Waals surface area contributed by atoms with Crippen LogP contribution in [0.3, 0.4) is 0 Å². The lowest BCUT2D eigenvalue weighted by atomic mass is 10.1. The molecule has 2 aromatic carbocycles. The molecule has 1 saturated heterocycles. The maximum absolute atomic E-state index is 9.20. The SMILES string of the molecule is N#Cc1cc(Cl)ccc1NCC1CN(Cc2ccccc2)CCO1. The summed E-state index contributed by atoms with van der Waals surface area (Å²) in [6.45, 7) is 4.14. The Labute approximate surface area is 147 Å². The Bertz CT molecular complexity index is 714. The summed E-state index contributed by atoms with van der Waals surface area (Å²) in [4.78, 5) is 2.40. The molecule has 0 amide bonds. The Morgan fingerprint density at radius 1 is 1.25 bits per heavy atom. The van der Waals surface area contributed by atoms with Crippen molar-refractivity contribution in [2.75, 3.05) is 31.6 Å². The highest BCUT2D eigenvalue weighted by Gasteiger charge is 2.20. The first kappa shape index (κ1) is 16.8. The molecule has 24 heavy (non-hydrogen) atoms. The second-order valence-electron chi connectivity index (χ2n) is 5.90. The quantitative estimate of drug-likeness (QED) is 0.904. The molecular weight excluding hydrogens is 322 g/mol. The van der Waals surface area contributed by atoms with Gasteiger partial charge in [0.1, 0.15) is 6.07 Å². The Balaban J connectivity index is 1.55. The fourth-order valence-corrected chi connectivity index (χ4v) is 3.05. The molecule has 124 valence electrons. The van der Waals surface area contributed by atoms with Gasteiger partial charge in [-0.15, -0.1) is 0 Å². The predicted octanol–water partition coefficient (Wildman–Crippen LogP) is 3.52. The van der Waals surface area contributed by atoms with E-state index < -0.39 is 0 Å². The van der Waals surface area contributed by atoms with Crippen molar-refractivity contribution in [3.63, 3.8) is 0 Å². The van der Waals surface area contributed by atoms with Crippen LogP contribution in [-0.4, -0.2) is 37.2 Å². The van der Waals surface area contributed by atoms with E-state index in [1.807, 2.05) is 12.1 Å². The van der Waals surface area contributed by atoms with Crippen molar-refractivity contribution in [1.29, 1.82) is 5.26 Å². The topological polar surface area (TPSA) is 48.3 Å². The summed E-state index contributed by atoms with van der Waals surface area (Å²) in [5, 5.41) is 13.1. The van der Waals surface area contributed by atoms with Crippen LogP contribution in [0.25, 0.3) is 0 Å². The lowest BCUT2D eigenvalue weighted by Gasteiger charge is -2.33. The molecule has 0 bridgehead atoms. The Kier molecular flexibility index (Phi) is 5.71. The van der Waals surface area contributed by atoms with E-state index in [2.05, 4.69) is 40.6 Å². The van der Waals surface area contributed by atoms with Crippen LogP contribution < -0.4 is 5.32 Å². The lowest BCUT2D eigenvalue weighted by molar-refractivity contribution is -0.0240. The van der Waals surface area contributed by atoms with E-state index in [1.165, 1.54) is 5.56 Å². The highest BCUT2D eigenvalue weighted by molar-refractivity contribution is 6.30. The molecule has 3 rings (SSSR count). The standard InChI is InChI=1S/C19H20ClN3O/c20-17-6-7-19(16(10-17)11-21)22-12-18-14-23(8-9-24-18)13-15-4-2-1-3-5-15/h1-7,10,18,22H,8-9,12-14H2. The van der Waals surface area contributed by atoms with Gasteiger partial charge in [0.2, 0.25) is 0 Å². The number of halogens is 1. The Morgan fingerprint density at radius 3 is 2.88 bits per heavy atom. The Hall–Kier alpha value is -2.06. The minimum Gasteiger partial charge on any atom is -0.381 e. The van der Waals surface area contributed by atoms with Crippen LogP contribution in [0.15, 0.2) is 48.5 Å². The zero-order chi connectivity index (χ0) is 16.8. The molecule has 1 fully saturated rings. The summed E-state index contributed by atoms with van der Waals surface area (Å²) >= 11 is 5.93. The molecular formula is C19H20ClN3O. The highest BCUT2D eigenvalue weighted by atomic mass is 35.5. The zero-order valence-electron chi connectivity index (χ0n) is 13.4. The summed E-state index contributed by atoms with van der Waals surface area (Å²) in [7, 11) is 0. The van der Waals surface area contributed by atoms with E-state index in [1.54, 1.807) is 12.1 Å². The number of nitriles is 1. The number of benzene rings is 2.